The third-order valence-corrected chi connectivity index (χ3v) is 9.51. The van der Waals surface area contributed by atoms with Crippen molar-refractivity contribution in [1.29, 1.82) is 0 Å². The number of rotatable bonds is 5. The minimum atomic E-state index is -2.31. The Balaban J connectivity index is 1.86. The van der Waals surface area contributed by atoms with E-state index in [0.29, 0.717) is 0 Å². The molecule has 0 spiro atoms. The minimum Gasteiger partial charge on any atom is -0.333 e. The van der Waals surface area contributed by atoms with E-state index in [1.54, 1.807) is 0 Å². The second-order valence-electron chi connectivity index (χ2n) is 7.99. The van der Waals surface area contributed by atoms with Crippen LogP contribution in [0.15, 0.2) is 144 Å². The lowest BCUT2D eigenvalue weighted by Gasteiger charge is -2.22. The van der Waals surface area contributed by atoms with E-state index in [2.05, 4.69) is 151 Å². The summed E-state index contributed by atoms with van der Waals surface area (Å²) in [5.74, 6) is 0. The van der Waals surface area contributed by atoms with E-state index >= 15 is 0 Å². The summed E-state index contributed by atoms with van der Waals surface area (Å²) in [5, 5.41) is 3.73. The van der Waals surface area contributed by atoms with Crippen molar-refractivity contribution in [3.05, 3.63) is 145 Å². The van der Waals surface area contributed by atoms with E-state index in [9.17, 15) is 0 Å². The average molecular weight is 446 g/mol. The van der Waals surface area contributed by atoms with Crippen molar-refractivity contribution in [3.63, 3.8) is 0 Å². The highest BCUT2D eigenvalue weighted by Gasteiger charge is 2.46. The molecule has 5 rings (SSSR count). The number of aryl methyl sites for hydroxylation is 1. The van der Waals surface area contributed by atoms with E-state index in [0.717, 1.165) is 5.49 Å². The van der Waals surface area contributed by atoms with Crippen LogP contribution in [0.4, 0.5) is 0 Å². The van der Waals surface area contributed by atoms with Crippen molar-refractivity contribution < 1.29 is 0 Å². The van der Waals surface area contributed by atoms with Crippen LogP contribution in [0.1, 0.15) is 0 Å². The Morgan fingerprint density at radius 1 is 0.515 bits per heavy atom. The summed E-state index contributed by atoms with van der Waals surface area (Å²) < 4.78 is 7.78. The summed E-state index contributed by atoms with van der Waals surface area (Å²) in [4.78, 5) is 0. The predicted molar refractivity (Wildman–Crippen MR) is 142 cm³/mol. The Kier molecular flexibility index (Phi) is 6.02. The highest BCUT2D eigenvalue weighted by atomic mass is 31.2. The molecule has 0 amide bonds. The predicted octanol–water partition coefficient (Wildman–Crippen LogP) is 5.50. The average Bonchev–Trinajstić information content (AvgIpc) is 2.90. The van der Waals surface area contributed by atoms with Crippen LogP contribution in [-0.4, -0.2) is 4.57 Å². The number of hydrogen-bond acceptors (Lipinski definition) is 1. The lowest BCUT2D eigenvalue weighted by atomic mass is 10.1. The molecule has 3 heteroatoms. The maximum Gasteiger partial charge on any atom is 0.232 e. The van der Waals surface area contributed by atoms with Crippen molar-refractivity contribution in [1.82, 2.24) is 4.57 Å². The standard InChI is InChI=1S/C30H26N2P/c1-32-23-22-26(25-14-6-2-7-15-25)24-30(32)31-33(27-16-8-3-9-17-27,28-18-10-4-11-19-28)29-20-12-5-13-21-29/h2-24H,1H3/q+1/b31-30+. The van der Waals surface area contributed by atoms with Gasteiger partial charge in [0, 0.05) is 13.2 Å². The van der Waals surface area contributed by atoms with Gasteiger partial charge in [0.05, 0.1) is 0 Å². The molecule has 4 aromatic carbocycles. The molecular formula is C30H26N2P+. The normalized spacial score (nSPS) is 12.0. The Morgan fingerprint density at radius 3 is 1.39 bits per heavy atom. The lowest BCUT2D eigenvalue weighted by Crippen LogP contribution is -2.32. The minimum absolute atomic E-state index is 0.959. The van der Waals surface area contributed by atoms with E-state index in [1.165, 1.54) is 27.0 Å². The highest BCUT2D eigenvalue weighted by molar-refractivity contribution is 7.94. The zero-order chi connectivity index (χ0) is 22.5. The van der Waals surface area contributed by atoms with Crippen LogP contribution in [0.3, 0.4) is 0 Å². The number of aromatic nitrogens is 1. The molecule has 0 radical (unpaired) electrons. The van der Waals surface area contributed by atoms with E-state index in [-0.39, 0.29) is 0 Å². The van der Waals surface area contributed by atoms with Crippen LogP contribution in [-0.2, 0) is 7.05 Å². The van der Waals surface area contributed by atoms with Gasteiger partial charge in [0.25, 0.3) is 0 Å². The SMILES string of the molecule is Cn1ccc(-c2ccccc2)c/c1=N\[P+](c1ccccc1)(c1ccccc1)c1ccccc1. The van der Waals surface area contributed by atoms with Crippen molar-refractivity contribution >= 4 is 23.3 Å². The van der Waals surface area contributed by atoms with Crippen LogP contribution in [0.25, 0.3) is 11.1 Å². The van der Waals surface area contributed by atoms with Crippen molar-refractivity contribution in [2.75, 3.05) is 0 Å². The van der Waals surface area contributed by atoms with Gasteiger partial charge < -0.3 is 4.57 Å². The molecule has 0 saturated heterocycles. The molecule has 1 heterocycles. The quantitative estimate of drug-likeness (QED) is 0.318. The van der Waals surface area contributed by atoms with Crippen LogP contribution < -0.4 is 21.4 Å². The number of nitrogens with zero attached hydrogens (tertiary/aromatic N) is 2. The first-order valence-corrected chi connectivity index (χ1v) is 12.9. The second kappa shape index (κ2) is 9.40. The first-order valence-electron chi connectivity index (χ1n) is 11.1. The third-order valence-electron chi connectivity index (χ3n) is 5.87. The molecule has 0 saturated carbocycles. The summed E-state index contributed by atoms with van der Waals surface area (Å²) in [6.07, 6.45) is 2.11. The summed E-state index contributed by atoms with van der Waals surface area (Å²) in [6.45, 7) is 0. The van der Waals surface area contributed by atoms with E-state index in [4.69, 9.17) is 4.76 Å². The molecule has 0 bridgehead atoms. The summed E-state index contributed by atoms with van der Waals surface area (Å²) in [5.41, 5.74) is 3.32. The second-order valence-corrected chi connectivity index (χ2v) is 11.0. The fourth-order valence-electron chi connectivity index (χ4n) is 4.17. The molecule has 0 unspecified atom stereocenters. The van der Waals surface area contributed by atoms with Gasteiger partial charge in [-0.25, -0.2) is 0 Å². The van der Waals surface area contributed by atoms with Crippen molar-refractivity contribution in [2.45, 2.75) is 0 Å². The van der Waals surface area contributed by atoms with Gasteiger partial charge in [-0.15, -0.1) is 0 Å². The zero-order valence-corrected chi connectivity index (χ0v) is 19.5. The Labute approximate surface area is 195 Å². The van der Waals surface area contributed by atoms with Gasteiger partial charge in [0.15, 0.2) is 5.49 Å². The maximum absolute atomic E-state index is 5.66. The number of pyridine rings is 1. The fraction of sp³-hybridized carbons (Fsp3) is 0.0333. The first-order chi connectivity index (χ1) is 16.3. The van der Waals surface area contributed by atoms with E-state index < -0.39 is 7.41 Å². The van der Waals surface area contributed by atoms with Gasteiger partial charge in [0.2, 0.25) is 7.41 Å². The van der Waals surface area contributed by atoms with Gasteiger partial charge in [0.1, 0.15) is 15.9 Å². The molecule has 0 atom stereocenters. The van der Waals surface area contributed by atoms with Crippen LogP contribution >= 0.6 is 7.41 Å². The molecule has 0 fully saturated rings. The Bertz CT molecular complexity index is 1300. The monoisotopic (exact) mass is 445 g/mol. The maximum atomic E-state index is 5.66. The molecule has 33 heavy (non-hydrogen) atoms. The Morgan fingerprint density at radius 2 is 0.939 bits per heavy atom. The van der Waals surface area contributed by atoms with Crippen LogP contribution in [0, 0.1) is 0 Å². The number of benzene rings is 4. The smallest absolute Gasteiger partial charge is 0.232 e. The first kappa shape index (κ1) is 21.1. The summed E-state index contributed by atoms with van der Waals surface area (Å²) >= 11 is 0. The van der Waals surface area contributed by atoms with Crippen molar-refractivity contribution in [3.8, 4) is 11.1 Å². The summed E-state index contributed by atoms with van der Waals surface area (Å²) in [7, 11) is -0.237. The van der Waals surface area contributed by atoms with Crippen molar-refractivity contribution in [2.24, 2.45) is 11.8 Å². The van der Waals surface area contributed by atoms with Gasteiger partial charge in [-0.05, 0) is 59.7 Å². The van der Waals surface area contributed by atoms with Crippen LogP contribution in [0.5, 0.6) is 0 Å². The fourth-order valence-corrected chi connectivity index (χ4v) is 7.73. The topological polar surface area (TPSA) is 17.3 Å². The highest BCUT2D eigenvalue weighted by Crippen LogP contribution is 2.56. The molecular weight excluding hydrogens is 419 g/mol. The largest absolute Gasteiger partial charge is 0.333 e. The number of hydrogen-bond donors (Lipinski definition) is 0. The summed E-state index contributed by atoms with van der Waals surface area (Å²) in [6, 6.07) is 47.1. The van der Waals surface area contributed by atoms with Crippen LogP contribution in [0.2, 0.25) is 0 Å². The third kappa shape index (κ3) is 4.18. The lowest BCUT2D eigenvalue weighted by molar-refractivity contribution is 0.843. The van der Waals surface area contributed by atoms with E-state index in [1.807, 2.05) is 0 Å². The zero-order valence-electron chi connectivity index (χ0n) is 18.6. The molecule has 0 aliphatic rings. The van der Waals surface area contributed by atoms with Gasteiger partial charge >= 0.3 is 0 Å². The van der Waals surface area contributed by atoms with Gasteiger partial charge in [-0.1, -0.05) is 89.7 Å². The molecule has 160 valence electrons. The molecule has 0 N–H and O–H groups in total. The molecule has 5 aromatic rings. The van der Waals surface area contributed by atoms with Gasteiger partial charge in [-0.2, -0.15) is 0 Å². The van der Waals surface area contributed by atoms with Gasteiger partial charge in [-0.3, -0.25) is 0 Å². The molecule has 2 nitrogen and oxygen atoms in total. The molecule has 1 aromatic heterocycles. The Hall–Kier alpha value is -3.74. The molecule has 0 aliphatic heterocycles. The molecule has 0 aliphatic carbocycles.